The van der Waals surface area contributed by atoms with Crippen molar-refractivity contribution in [3.05, 3.63) is 0 Å². The van der Waals surface area contributed by atoms with Crippen molar-refractivity contribution in [3.8, 4) is 0 Å². The van der Waals surface area contributed by atoms with Crippen LogP contribution in [0.2, 0.25) is 0 Å². The summed E-state index contributed by atoms with van der Waals surface area (Å²) < 4.78 is 10.4. The molecule has 0 amide bonds. The number of nitrogens with one attached hydrogen (secondary N) is 1. The van der Waals surface area contributed by atoms with Crippen LogP contribution >= 0.6 is 8.46 Å². The van der Waals surface area contributed by atoms with E-state index in [4.69, 9.17) is 0 Å². The normalized spacial score (nSPS) is 26.3. The average molecular weight is 148 g/mol. The van der Waals surface area contributed by atoms with Gasteiger partial charge >= 0.3 is 8.46 Å². The van der Waals surface area contributed by atoms with Crippen molar-refractivity contribution >= 4 is 8.46 Å². The van der Waals surface area contributed by atoms with Crippen LogP contribution in [0.1, 0.15) is 12.8 Å². The smallest absolute Gasteiger partial charge is 0.349 e. The van der Waals surface area contributed by atoms with Crippen molar-refractivity contribution < 1.29 is 9.67 Å². The van der Waals surface area contributed by atoms with Crippen molar-refractivity contribution in [1.29, 1.82) is 0 Å². The molecule has 1 unspecified atom stereocenters. The second-order valence-corrected chi connectivity index (χ2v) is 3.52. The van der Waals surface area contributed by atoms with Crippen molar-refractivity contribution in [2.75, 3.05) is 13.1 Å². The van der Waals surface area contributed by atoms with Gasteiger partial charge in [0.15, 0.2) is 0 Å². The molecule has 1 fully saturated rings. The van der Waals surface area contributed by atoms with Gasteiger partial charge in [0.1, 0.15) is 0 Å². The van der Waals surface area contributed by atoms with Gasteiger partial charge in [-0.25, -0.2) is 0 Å². The lowest BCUT2D eigenvalue weighted by atomic mass is 10.1. The van der Waals surface area contributed by atoms with Gasteiger partial charge in [0, 0.05) is 25.9 Å². The third kappa shape index (κ3) is 1.71. The molecule has 0 aromatic heterocycles. The highest BCUT2D eigenvalue weighted by Gasteiger charge is 2.36. The molecule has 1 aliphatic rings. The Hall–Kier alpha value is 0.0200. The zero-order valence-corrected chi connectivity index (χ0v) is 6.18. The quantitative estimate of drug-likeness (QED) is 0.518. The lowest BCUT2D eigenvalue weighted by Crippen LogP contribution is -2.37. The van der Waals surface area contributed by atoms with Crippen LogP contribution in [0.25, 0.3) is 0 Å². The molecule has 52 valence electrons. The highest BCUT2D eigenvalue weighted by atomic mass is 31.1. The maximum absolute atomic E-state index is 10.4. The van der Waals surface area contributed by atoms with E-state index < -0.39 is 13.8 Å². The molecule has 0 aliphatic carbocycles. The van der Waals surface area contributed by atoms with Gasteiger partial charge in [-0.3, -0.25) is 0 Å². The van der Waals surface area contributed by atoms with Crippen LogP contribution in [0.5, 0.6) is 0 Å². The monoisotopic (exact) mass is 148 g/mol. The summed E-state index contributed by atoms with van der Waals surface area (Å²) in [5.74, 6) is 0. The molecule has 0 spiro atoms. The molecule has 1 aliphatic heterocycles. The summed E-state index contributed by atoms with van der Waals surface area (Å²) in [5, 5.41) is 11.5. The van der Waals surface area contributed by atoms with Crippen LogP contribution < -0.4 is 5.32 Å². The Kier molecular flexibility index (Phi) is 2.17. The topological polar surface area (TPSA) is 49.3 Å². The molecule has 4 heteroatoms. The second-order valence-electron chi connectivity index (χ2n) is 2.38. The summed E-state index contributed by atoms with van der Waals surface area (Å²) in [6, 6.07) is 0. The van der Waals surface area contributed by atoms with Gasteiger partial charge in [-0.15, -0.1) is 0 Å². The Morgan fingerprint density at radius 1 is 1.44 bits per heavy atom. The molecule has 2 N–H and O–H groups in total. The van der Waals surface area contributed by atoms with Crippen LogP contribution in [0.15, 0.2) is 0 Å². The molecule has 1 heterocycles. The second kappa shape index (κ2) is 2.74. The van der Waals surface area contributed by atoms with Crippen LogP contribution in [0, 0.1) is 0 Å². The molecule has 0 saturated carbocycles. The minimum Gasteiger partial charge on any atom is -0.349 e. The number of hydrogen-bond acceptors (Lipinski definition) is 3. The summed E-state index contributed by atoms with van der Waals surface area (Å²) in [7, 11) is -0.575. The zero-order chi connectivity index (χ0) is 6.74. The van der Waals surface area contributed by atoms with Gasteiger partial charge in [-0.05, 0) is 0 Å². The van der Waals surface area contributed by atoms with E-state index in [0.29, 0.717) is 12.8 Å². The third-order valence-corrected chi connectivity index (χ3v) is 2.50. The Balaban J connectivity index is 2.46. The molecule has 1 rings (SSSR count). The predicted molar refractivity (Wildman–Crippen MR) is 36.1 cm³/mol. The van der Waals surface area contributed by atoms with E-state index in [2.05, 4.69) is 5.32 Å². The highest BCUT2D eigenvalue weighted by Crippen LogP contribution is 2.28. The lowest BCUT2D eigenvalue weighted by Gasteiger charge is -2.19. The molecule has 1 atom stereocenters. The van der Waals surface area contributed by atoms with Gasteiger partial charge in [0.25, 0.3) is 5.34 Å². The fraction of sp³-hybridized carbons (Fsp3) is 1.00. The largest absolute Gasteiger partial charge is 0.359 e. The molecule has 3 nitrogen and oxygen atoms in total. The van der Waals surface area contributed by atoms with Crippen molar-refractivity contribution in [2.24, 2.45) is 0 Å². The molecular formula is C5H11NO2P+. The highest BCUT2D eigenvalue weighted by molar-refractivity contribution is 7.25. The van der Waals surface area contributed by atoms with Crippen LogP contribution in [-0.4, -0.2) is 23.5 Å². The molecule has 0 aromatic rings. The van der Waals surface area contributed by atoms with Gasteiger partial charge < -0.3 is 10.4 Å². The van der Waals surface area contributed by atoms with Gasteiger partial charge in [-0.2, -0.15) is 0 Å². The summed E-state index contributed by atoms with van der Waals surface area (Å²) in [6.45, 7) is 1.57. The van der Waals surface area contributed by atoms with E-state index in [1.165, 1.54) is 0 Å². The molecule has 9 heavy (non-hydrogen) atoms. The first-order valence-electron chi connectivity index (χ1n) is 3.09. The van der Waals surface area contributed by atoms with E-state index in [-0.39, 0.29) is 0 Å². The minimum absolute atomic E-state index is 0.575. The predicted octanol–water partition coefficient (Wildman–Crippen LogP) is 0.0824. The van der Waals surface area contributed by atoms with E-state index >= 15 is 0 Å². The molecular weight excluding hydrogens is 137 g/mol. The third-order valence-electron chi connectivity index (χ3n) is 1.62. The minimum atomic E-state index is -0.870. The fourth-order valence-electron chi connectivity index (χ4n) is 0.942. The van der Waals surface area contributed by atoms with Gasteiger partial charge in [0.2, 0.25) is 0 Å². The first-order chi connectivity index (χ1) is 4.27. The Morgan fingerprint density at radius 2 is 2.00 bits per heavy atom. The van der Waals surface area contributed by atoms with Gasteiger partial charge in [0.05, 0.1) is 0 Å². The standard InChI is InChI=1S/C5H10NO2P/c7-5(9-8)1-3-6-4-2-5/h6-7H,1-4H2/p+1. The van der Waals surface area contributed by atoms with E-state index in [1.54, 1.807) is 0 Å². The molecule has 0 radical (unpaired) electrons. The number of aliphatic hydroxyl groups is 1. The summed E-state index contributed by atoms with van der Waals surface area (Å²) in [6.07, 6.45) is 1.24. The van der Waals surface area contributed by atoms with Crippen molar-refractivity contribution in [1.82, 2.24) is 5.32 Å². The lowest BCUT2D eigenvalue weighted by molar-refractivity contribution is 0.0951. The van der Waals surface area contributed by atoms with Crippen molar-refractivity contribution in [2.45, 2.75) is 18.2 Å². The summed E-state index contributed by atoms with van der Waals surface area (Å²) >= 11 is 0. The van der Waals surface area contributed by atoms with Crippen LogP contribution in [0.4, 0.5) is 0 Å². The molecule has 1 saturated heterocycles. The first-order valence-corrected chi connectivity index (χ1v) is 4.00. The number of hydrogen-bond donors (Lipinski definition) is 2. The number of piperidine rings is 1. The van der Waals surface area contributed by atoms with E-state index in [9.17, 15) is 9.67 Å². The Morgan fingerprint density at radius 3 is 2.33 bits per heavy atom. The van der Waals surface area contributed by atoms with Gasteiger partial charge in [-0.1, -0.05) is 4.57 Å². The number of rotatable bonds is 1. The molecule has 0 bridgehead atoms. The summed E-state index contributed by atoms with van der Waals surface area (Å²) in [5.41, 5.74) is 0. The first kappa shape index (κ1) is 7.13. The zero-order valence-electron chi connectivity index (χ0n) is 5.18. The summed E-state index contributed by atoms with van der Waals surface area (Å²) in [4.78, 5) is 0. The Bertz CT molecular complexity index is 112. The van der Waals surface area contributed by atoms with Crippen LogP contribution in [0.3, 0.4) is 0 Å². The SMILES string of the molecule is O=[PH+]C1(O)CCNCC1. The van der Waals surface area contributed by atoms with E-state index in [0.717, 1.165) is 13.1 Å². The maximum atomic E-state index is 10.4. The van der Waals surface area contributed by atoms with Crippen LogP contribution in [-0.2, 0) is 4.57 Å². The molecule has 0 aromatic carbocycles. The van der Waals surface area contributed by atoms with E-state index in [1.807, 2.05) is 0 Å². The van der Waals surface area contributed by atoms with Crippen molar-refractivity contribution in [3.63, 3.8) is 0 Å². The Labute approximate surface area is 55.7 Å². The fourth-order valence-corrected chi connectivity index (χ4v) is 1.40. The average Bonchev–Trinajstić information content (AvgIpc) is 1.90. The maximum Gasteiger partial charge on any atom is 0.359 e.